The lowest BCUT2D eigenvalue weighted by Crippen LogP contribution is -2.65. The molecule has 3 fully saturated rings. The van der Waals surface area contributed by atoms with E-state index in [0.29, 0.717) is 0 Å². The van der Waals surface area contributed by atoms with Crippen LogP contribution in [0.1, 0.15) is 19.3 Å². The number of nitrogens with two attached hydrogens (primary N) is 5. The van der Waals surface area contributed by atoms with Crippen molar-refractivity contribution >= 4 is 17.5 Å². The van der Waals surface area contributed by atoms with Gasteiger partial charge in [-0.2, -0.15) is 0 Å². The molecule has 3 aliphatic heterocycles. The van der Waals surface area contributed by atoms with Crippen molar-refractivity contribution in [3.63, 3.8) is 0 Å². The molecule has 16 N–H and O–H groups in total. The number of aliphatic hydroxyl groups is 5. The molecule has 2 saturated heterocycles. The molecule has 1 aliphatic carbocycles. The Morgan fingerprint density at radius 1 is 0.979 bits per heavy atom. The Labute approximate surface area is 277 Å². The second kappa shape index (κ2) is 17.2. The first-order valence-electron chi connectivity index (χ1n) is 16.0. The zero-order chi connectivity index (χ0) is 35.3. The van der Waals surface area contributed by atoms with Crippen molar-refractivity contribution in [3.05, 3.63) is 12.2 Å². The first-order chi connectivity index (χ1) is 22.8. The zero-order valence-corrected chi connectivity index (χ0v) is 26.4. The highest BCUT2D eigenvalue weighted by Gasteiger charge is 2.50. The van der Waals surface area contributed by atoms with Gasteiger partial charge in [-0.15, -0.1) is 0 Å². The van der Waals surface area contributed by atoms with E-state index >= 15 is 0 Å². The first kappa shape index (κ1) is 38.7. The van der Waals surface area contributed by atoms with Crippen molar-refractivity contribution in [3.8, 4) is 0 Å². The fraction of sp³-hybridized carbons (Fsp3) is 0.828. The molecule has 0 spiro atoms. The number of amides is 1. The Morgan fingerprint density at radius 2 is 1.71 bits per heavy atom. The summed E-state index contributed by atoms with van der Waals surface area (Å²) in [4.78, 5) is 37.4. The summed E-state index contributed by atoms with van der Waals surface area (Å²) in [6.45, 7) is -1.24. The minimum absolute atomic E-state index is 0.0375. The molecular formula is C29H50N6O13. The molecule has 0 aromatic carbocycles. The van der Waals surface area contributed by atoms with Gasteiger partial charge < -0.3 is 83.2 Å². The monoisotopic (exact) mass is 690 g/mol. The summed E-state index contributed by atoms with van der Waals surface area (Å²) in [5.74, 6) is -3.44. The summed E-state index contributed by atoms with van der Waals surface area (Å²) in [5, 5.41) is 54.6. The van der Waals surface area contributed by atoms with Crippen LogP contribution >= 0.6 is 0 Å². The maximum atomic E-state index is 12.8. The minimum Gasteiger partial charge on any atom is -0.394 e. The molecule has 16 atom stereocenters. The van der Waals surface area contributed by atoms with Gasteiger partial charge in [0.05, 0.1) is 43.9 Å². The fourth-order valence-electron chi connectivity index (χ4n) is 6.53. The van der Waals surface area contributed by atoms with E-state index in [1.165, 1.54) is 0 Å². The van der Waals surface area contributed by atoms with Crippen LogP contribution < -0.4 is 34.0 Å². The van der Waals surface area contributed by atoms with Gasteiger partial charge in [0, 0.05) is 43.9 Å². The third kappa shape index (κ3) is 8.81. The van der Waals surface area contributed by atoms with E-state index in [4.69, 9.17) is 52.4 Å². The molecule has 2 unspecified atom stereocenters. The maximum Gasteiger partial charge on any atom is 0.251 e. The van der Waals surface area contributed by atoms with Crippen molar-refractivity contribution in [1.82, 2.24) is 5.32 Å². The van der Waals surface area contributed by atoms with Crippen molar-refractivity contribution in [2.45, 2.75) is 105 Å². The topological polar surface area (TPSA) is 341 Å². The molecule has 0 radical (unpaired) electrons. The number of carbonyl (C=O) groups excluding carboxylic acids is 3. The number of Topliss-reactive ketones (excluding diaryl/α,β-unsaturated/α-hetero) is 2. The smallest absolute Gasteiger partial charge is 0.251 e. The van der Waals surface area contributed by atoms with Crippen LogP contribution in [0.5, 0.6) is 0 Å². The highest BCUT2D eigenvalue weighted by Crippen LogP contribution is 2.37. The van der Waals surface area contributed by atoms with Gasteiger partial charge in [-0.3, -0.25) is 14.4 Å². The summed E-state index contributed by atoms with van der Waals surface area (Å²) < 4.78 is 29.7. The van der Waals surface area contributed by atoms with Gasteiger partial charge in [0.2, 0.25) is 0 Å². The predicted molar refractivity (Wildman–Crippen MR) is 163 cm³/mol. The Hall–Kier alpha value is -2.05. The van der Waals surface area contributed by atoms with Gasteiger partial charge >= 0.3 is 0 Å². The number of nitrogens with one attached hydrogen (secondary N) is 1. The summed E-state index contributed by atoms with van der Waals surface area (Å²) in [5.41, 5.74) is 29.5. The molecule has 0 aromatic heterocycles. The molecule has 4 rings (SSSR count). The maximum absolute atomic E-state index is 12.8. The summed E-state index contributed by atoms with van der Waals surface area (Å²) in [6.07, 6.45) is -10.4. The number of aliphatic hydroxyl groups excluding tert-OH is 5. The summed E-state index contributed by atoms with van der Waals surface area (Å²) in [6, 6.07) is -2.78. The van der Waals surface area contributed by atoms with Crippen molar-refractivity contribution in [2.24, 2.45) is 40.5 Å². The highest BCUT2D eigenvalue weighted by molar-refractivity contribution is 5.85. The molecule has 1 amide bonds. The molecule has 48 heavy (non-hydrogen) atoms. The molecule has 3 heterocycles. The number of ketones is 2. The number of hydrogen-bond acceptors (Lipinski definition) is 18. The number of hydrogen-bond donors (Lipinski definition) is 11. The van der Waals surface area contributed by atoms with Crippen LogP contribution in [-0.2, 0) is 38.1 Å². The first-order valence-corrected chi connectivity index (χ1v) is 16.0. The van der Waals surface area contributed by atoms with Crippen LogP contribution in [-0.4, -0.2) is 161 Å². The van der Waals surface area contributed by atoms with Crippen LogP contribution in [0, 0.1) is 11.8 Å². The Kier molecular flexibility index (Phi) is 13.9. The largest absolute Gasteiger partial charge is 0.394 e. The molecule has 274 valence electrons. The van der Waals surface area contributed by atoms with E-state index in [0.717, 1.165) is 0 Å². The molecule has 4 aliphatic rings. The van der Waals surface area contributed by atoms with Crippen molar-refractivity contribution in [2.75, 3.05) is 32.8 Å². The van der Waals surface area contributed by atoms with E-state index in [1.54, 1.807) is 12.2 Å². The normalized spacial score (nSPS) is 42.2. The quantitative estimate of drug-likeness (QED) is 0.0847. The molecule has 1 saturated carbocycles. The van der Waals surface area contributed by atoms with Gasteiger partial charge in [0.25, 0.3) is 5.91 Å². The Bertz CT molecular complexity index is 1140. The van der Waals surface area contributed by atoms with Gasteiger partial charge in [-0.1, -0.05) is 12.2 Å². The lowest BCUT2D eigenvalue weighted by atomic mass is 9.71. The Morgan fingerprint density at radius 3 is 2.35 bits per heavy atom. The van der Waals surface area contributed by atoms with E-state index in [9.17, 15) is 39.9 Å². The summed E-state index contributed by atoms with van der Waals surface area (Å²) in [7, 11) is 0. The average molecular weight is 691 g/mol. The number of carbonyl (C=O) groups is 3. The number of rotatable bonds is 12. The van der Waals surface area contributed by atoms with Crippen LogP contribution in [0.4, 0.5) is 0 Å². The molecule has 19 nitrogen and oxygen atoms in total. The van der Waals surface area contributed by atoms with Crippen LogP contribution in [0.15, 0.2) is 12.2 Å². The second-order valence-electron chi connectivity index (χ2n) is 12.7. The van der Waals surface area contributed by atoms with E-state index in [-0.39, 0.29) is 51.3 Å². The second-order valence-corrected chi connectivity index (χ2v) is 12.7. The van der Waals surface area contributed by atoms with E-state index in [2.05, 4.69) is 5.32 Å². The van der Waals surface area contributed by atoms with Crippen molar-refractivity contribution in [1.29, 1.82) is 0 Å². The van der Waals surface area contributed by atoms with Crippen LogP contribution in [0.2, 0.25) is 0 Å². The van der Waals surface area contributed by atoms with Gasteiger partial charge in [0.1, 0.15) is 36.6 Å². The lowest BCUT2D eigenvalue weighted by Gasteiger charge is -2.48. The zero-order valence-electron chi connectivity index (χ0n) is 26.4. The average Bonchev–Trinajstić information content (AvgIpc) is 3.26. The number of ether oxygens (including phenoxy) is 5. The standard InChI is InChI=1S/C29H50N6O13/c30-6-17(39)26(42)28(43)35-14-3-12(33)27(48-29-13(34)4-15(37)19(7-31)47-29)23(24(14)40)11-1-2-18(21(9-36)44-10-11)45-22-5-16(38)25(41)20(8-32)46-22/h1-2,11-14,17-27,29,36,39-42H,3-10,30-34H2,(H,35,43)/t11?,12-,13+,14?,17+,18-,19+,20-,21+,22-,23+,24-,25-,26+,27+,29+/m0/s1. The van der Waals surface area contributed by atoms with E-state index < -0.39 is 116 Å². The Balaban J connectivity index is 1.60. The lowest BCUT2D eigenvalue weighted by molar-refractivity contribution is -0.244. The minimum atomic E-state index is -1.87. The third-order valence-electron chi connectivity index (χ3n) is 9.29. The van der Waals surface area contributed by atoms with Gasteiger partial charge in [0.15, 0.2) is 30.3 Å². The van der Waals surface area contributed by atoms with Crippen LogP contribution in [0.25, 0.3) is 0 Å². The summed E-state index contributed by atoms with van der Waals surface area (Å²) >= 11 is 0. The SMILES string of the molecule is NC[C@@H](O)[C@@H](O)C(=O)NC1C[C@H](N)[C@@H](O[C@H]2O[C@H](CN)C(=O)C[C@H]2N)[C@H](C2C=C[C@H](O[C@@H]3CC(=O)[C@H](O)[C@H](CN)O3)[C@@H](CO)OC2)[C@H]1O. The molecular weight excluding hydrogens is 640 g/mol. The molecule has 0 bridgehead atoms. The predicted octanol–water partition coefficient (Wildman–Crippen LogP) is -6.83. The third-order valence-corrected chi connectivity index (χ3v) is 9.29. The molecule has 0 aromatic rings. The van der Waals surface area contributed by atoms with E-state index in [1.807, 2.05) is 0 Å². The van der Waals surface area contributed by atoms with Gasteiger partial charge in [-0.05, 0) is 6.42 Å². The van der Waals surface area contributed by atoms with Crippen LogP contribution in [0.3, 0.4) is 0 Å². The highest BCUT2D eigenvalue weighted by atomic mass is 16.7. The van der Waals surface area contributed by atoms with Gasteiger partial charge in [-0.25, -0.2) is 0 Å². The van der Waals surface area contributed by atoms with Crippen molar-refractivity contribution < 1.29 is 63.6 Å². The fourth-order valence-corrected chi connectivity index (χ4v) is 6.53. The molecule has 19 heteroatoms.